The van der Waals surface area contributed by atoms with E-state index < -0.39 is 10.0 Å². The van der Waals surface area contributed by atoms with Crippen LogP contribution in [0, 0.1) is 23.7 Å². The molecule has 6 nitrogen and oxygen atoms in total. The van der Waals surface area contributed by atoms with E-state index in [1.807, 2.05) is 23.1 Å². The highest BCUT2D eigenvalue weighted by Gasteiger charge is 2.51. The molecular weight excluding hydrogens is 424 g/mol. The van der Waals surface area contributed by atoms with Crippen LogP contribution in [0.2, 0.25) is 0 Å². The van der Waals surface area contributed by atoms with Crippen LogP contribution in [-0.2, 0) is 26.7 Å². The van der Waals surface area contributed by atoms with Gasteiger partial charge in [0.1, 0.15) is 6.10 Å². The summed E-state index contributed by atoms with van der Waals surface area (Å²) in [4.78, 5) is 15.0. The Morgan fingerprint density at radius 3 is 2.25 bits per heavy atom. The highest BCUT2D eigenvalue weighted by Crippen LogP contribution is 2.54. The van der Waals surface area contributed by atoms with Crippen molar-refractivity contribution in [3.8, 4) is 0 Å². The van der Waals surface area contributed by atoms with Crippen molar-refractivity contribution in [1.82, 2.24) is 9.21 Å². The smallest absolute Gasteiger partial charge is 0.410 e. The van der Waals surface area contributed by atoms with Gasteiger partial charge in [-0.3, -0.25) is 0 Å². The summed E-state index contributed by atoms with van der Waals surface area (Å²) in [6.07, 6.45) is 9.17. The monoisotopic (exact) mass is 458 g/mol. The van der Waals surface area contributed by atoms with Crippen LogP contribution in [0.1, 0.15) is 56.1 Å². The van der Waals surface area contributed by atoms with E-state index in [2.05, 4.69) is 6.07 Å². The normalized spacial score (nSPS) is 35.7. The highest BCUT2D eigenvalue weighted by atomic mass is 32.2. The average Bonchev–Trinajstić information content (AvgIpc) is 2.75. The molecule has 0 atom stereocenters. The number of hydrogen-bond donors (Lipinski definition) is 0. The third-order valence-corrected chi connectivity index (χ3v) is 10.4. The minimum Gasteiger partial charge on any atom is -0.446 e. The van der Waals surface area contributed by atoms with Crippen LogP contribution in [0.3, 0.4) is 0 Å². The van der Waals surface area contributed by atoms with Crippen LogP contribution in [0.15, 0.2) is 24.3 Å². The van der Waals surface area contributed by atoms with E-state index in [0.29, 0.717) is 38.0 Å². The topological polar surface area (TPSA) is 66.9 Å². The van der Waals surface area contributed by atoms with Crippen LogP contribution in [0.5, 0.6) is 0 Å². The van der Waals surface area contributed by atoms with E-state index in [1.54, 1.807) is 4.31 Å². The molecule has 1 spiro atoms. The minimum atomic E-state index is -3.27. The first-order chi connectivity index (χ1) is 15.3. The summed E-state index contributed by atoms with van der Waals surface area (Å²) in [6, 6.07) is 8.22. The molecule has 2 heterocycles. The molecule has 0 N–H and O–H groups in total. The fraction of sp³-hybridized carbons (Fsp3) is 0.720. The van der Waals surface area contributed by atoms with Crippen molar-refractivity contribution in [2.75, 3.05) is 25.9 Å². The van der Waals surface area contributed by atoms with E-state index >= 15 is 0 Å². The maximum Gasteiger partial charge on any atom is 0.410 e. The van der Waals surface area contributed by atoms with Gasteiger partial charge in [0.2, 0.25) is 10.0 Å². The Kier molecular flexibility index (Phi) is 4.88. The summed E-state index contributed by atoms with van der Waals surface area (Å²) in [7, 11) is -3.27. The van der Waals surface area contributed by atoms with Gasteiger partial charge >= 0.3 is 6.09 Å². The van der Waals surface area contributed by atoms with Crippen molar-refractivity contribution in [2.45, 2.75) is 63.0 Å². The molecule has 1 amide bonds. The second-order valence-electron chi connectivity index (χ2n) is 11.2. The number of sulfonamides is 1. The van der Waals surface area contributed by atoms with Gasteiger partial charge in [-0.1, -0.05) is 24.3 Å². The lowest BCUT2D eigenvalue weighted by Gasteiger charge is -2.54. The minimum absolute atomic E-state index is 0.113. The molecule has 6 aliphatic rings. The van der Waals surface area contributed by atoms with Crippen LogP contribution in [0.25, 0.3) is 0 Å². The molecule has 4 saturated carbocycles. The van der Waals surface area contributed by atoms with E-state index in [1.165, 1.54) is 43.9 Å². The third kappa shape index (κ3) is 3.47. The number of nitrogens with zero attached hydrogens (tertiary/aromatic N) is 2. The molecule has 0 radical (unpaired) electrons. The predicted molar refractivity (Wildman–Crippen MR) is 121 cm³/mol. The van der Waals surface area contributed by atoms with Crippen molar-refractivity contribution >= 4 is 16.1 Å². The summed E-state index contributed by atoms with van der Waals surface area (Å²) in [6.45, 7) is 2.19. The first-order valence-electron chi connectivity index (χ1n) is 12.3. The summed E-state index contributed by atoms with van der Waals surface area (Å²) in [5, 5.41) is 0. The lowest BCUT2D eigenvalue weighted by atomic mass is 9.55. The zero-order chi connectivity index (χ0) is 22.1. The lowest BCUT2D eigenvalue weighted by molar-refractivity contribution is -0.103. The van der Waals surface area contributed by atoms with Gasteiger partial charge in [0.05, 0.1) is 6.26 Å². The second-order valence-corrected chi connectivity index (χ2v) is 13.2. The molecule has 7 rings (SSSR count). The number of rotatable bonds is 2. The average molecular weight is 459 g/mol. The van der Waals surface area contributed by atoms with Crippen LogP contribution in [-0.4, -0.2) is 55.7 Å². The number of amides is 1. The maximum atomic E-state index is 13.1. The Bertz CT molecular complexity index is 987. The number of ether oxygens (including phenoxy) is 1. The number of piperidine rings is 1. The maximum absolute atomic E-state index is 13.1. The van der Waals surface area contributed by atoms with Gasteiger partial charge in [0.25, 0.3) is 0 Å². The van der Waals surface area contributed by atoms with E-state index in [9.17, 15) is 13.2 Å². The van der Waals surface area contributed by atoms with Crippen LogP contribution in [0.4, 0.5) is 4.79 Å². The van der Waals surface area contributed by atoms with Crippen molar-refractivity contribution in [3.63, 3.8) is 0 Å². The second kappa shape index (κ2) is 7.45. The molecule has 5 fully saturated rings. The first-order valence-corrected chi connectivity index (χ1v) is 14.1. The van der Waals surface area contributed by atoms with Gasteiger partial charge in [-0.25, -0.2) is 13.2 Å². The molecule has 174 valence electrons. The zero-order valence-electron chi connectivity index (χ0n) is 18.9. The van der Waals surface area contributed by atoms with Crippen molar-refractivity contribution in [2.24, 2.45) is 23.7 Å². The molecule has 2 aliphatic heterocycles. The number of carbonyl (C=O) groups excluding carboxylic acids is 1. The summed E-state index contributed by atoms with van der Waals surface area (Å²) >= 11 is 0. The Balaban J connectivity index is 1.16. The molecule has 7 heteroatoms. The quantitative estimate of drug-likeness (QED) is 0.677. The van der Waals surface area contributed by atoms with Crippen LogP contribution < -0.4 is 0 Å². The Labute approximate surface area is 191 Å². The third-order valence-electron chi connectivity index (χ3n) is 9.24. The largest absolute Gasteiger partial charge is 0.446 e. The van der Waals surface area contributed by atoms with Crippen molar-refractivity contribution in [1.29, 1.82) is 0 Å². The highest BCUT2D eigenvalue weighted by molar-refractivity contribution is 7.88. The van der Waals surface area contributed by atoms with Gasteiger partial charge in [-0.05, 0) is 79.7 Å². The summed E-state index contributed by atoms with van der Waals surface area (Å²) < 4.78 is 32.5. The van der Waals surface area contributed by atoms with E-state index in [-0.39, 0.29) is 17.6 Å². The van der Waals surface area contributed by atoms with E-state index in [0.717, 1.165) is 30.2 Å². The molecule has 0 aromatic heterocycles. The predicted octanol–water partition coefficient (Wildman–Crippen LogP) is 3.76. The molecule has 32 heavy (non-hydrogen) atoms. The fourth-order valence-electron chi connectivity index (χ4n) is 7.88. The molecule has 4 aliphatic carbocycles. The van der Waals surface area contributed by atoms with Crippen molar-refractivity contribution < 1.29 is 17.9 Å². The van der Waals surface area contributed by atoms with Gasteiger partial charge in [0.15, 0.2) is 0 Å². The molecule has 1 aromatic carbocycles. The number of benzene rings is 1. The zero-order valence-corrected chi connectivity index (χ0v) is 19.7. The molecule has 1 aromatic rings. The molecular formula is C25H34N2O4S. The lowest BCUT2D eigenvalue weighted by Crippen LogP contribution is -2.55. The fourth-order valence-corrected chi connectivity index (χ4v) is 8.74. The molecule has 0 unspecified atom stereocenters. The SMILES string of the molecule is CS(=O)(=O)N1Cc2ccccc2C2(CCN(C(=O)OC3C4CC5CC(C4)CC3C5)CC2)C1. The number of carbonyl (C=O) groups is 1. The molecule has 1 saturated heterocycles. The number of hydrogen-bond acceptors (Lipinski definition) is 4. The van der Waals surface area contributed by atoms with Gasteiger partial charge in [0, 0.05) is 31.6 Å². The van der Waals surface area contributed by atoms with Gasteiger partial charge in [-0.2, -0.15) is 4.31 Å². The van der Waals surface area contributed by atoms with Crippen molar-refractivity contribution in [3.05, 3.63) is 35.4 Å². The Morgan fingerprint density at radius 2 is 1.62 bits per heavy atom. The Hall–Kier alpha value is -1.60. The summed E-state index contributed by atoms with van der Waals surface area (Å²) in [5.74, 6) is 2.87. The van der Waals surface area contributed by atoms with Gasteiger partial charge < -0.3 is 9.64 Å². The number of fused-ring (bicyclic) bond motifs is 2. The Morgan fingerprint density at radius 1 is 1.00 bits per heavy atom. The summed E-state index contributed by atoms with van der Waals surface area (Å²) in [5.41, 5.74) is 2.12. The standard InChI is InChI=1S/C25H34N2O4S/c1-32(29,30)27-15-19-4-2-3-5-22(19)25(16-27)6-8-26(9-7-25)24(28)31-23-20-11-17-10-18(13-20)14-21(23)12-17/h2-5,17-18,20-21,23H,6-16H2,1H3. The molecule has 4 bridgehead atoms. The number of likely N-dealkylation sites (tertiary alicyclic amines) is 1. The van der Waals surface area contributed by atoms with Crippen LogP contribution >= 0.6 is 0 Å². The first kappa shape index (κ1) is 21.0. The van der Waals surface area contributed by atoms with Gasteiger partial charge in [-0.15, -0.1) is 0 Å². The van der Waals surface area contributed by atoms with E-state index in [4.69, 9.17) is 4.74 Å².